The molecular weight excluding hydrogens is 569 g/mol. The Hall–Kier alpha value is -2.91. The molecule has 0 radical (unpaired) electrons. The van der Waals surface area contributed by atoms with Gasteiger partial charge in [0.05, 0.1) is 33.4 Å². The molecule has 3 aromatic carbocycles. The first-order valence-corrected chi connectivity index (χ1v) is 11.5. The highest BCUT2D eigenvalue weighted by atomic mass is 79.9. The second-order valence-corrected chi connectivity index (χ2v) is 8.79. The van der Waals surface area contributed by atoms with Crippen molar-refractivity contribution in [3.63, 3.8) is 0 Å². The smallest absolute Gasteiger partial charge is 0.345 e. The number of esters is 1. The van der Waals surface area contributed by atoms with E-state index < -0.39 is 17.8 Å². The third-order valence-corrected chi connectivity index (χ3v) is 5.81. The largest absolute Gasteiger partial charge is 0.422 e. The third kappa shape index (κ3) is 7.04. The van der Waals surface area contributed by atoms with Crippen LogP contribution in [-0.4, -0.2) is 30.5 Å². The Morgan fingerprint density at radius 2 is 1.71 bits per heavy atom. The molecule has 3 rings (SSSR count). The van der Waals surface area contributed by atoms with Crippen LogP contribution in [0.25, 0.3) is 0 Å². The van der Waals surface area contributed by atoms with Crippen LogP contribution in [0, 0.1) is 0 Å². The Morgan fingerprint density at radius 3 is 2.44 bits per heavy atom. The summed E-state index contributed by atoms with van der Waals surface area (Å²) in [4.78, 5) is 36.7. The molecule has 0 heterocycles. The topological polar surface area (TPSA) is 96.9 Å². The minimum absolute atomic E-state index is 0.207. The normalized spacial score (nSPS) is 10.7. The van der Waals surface area contributed by atoms with Crippen molar-refractivity contribution in [1.82, 2.24) is 10.7 Å². The zero-order valence-corrected chi connectivity index (χ0v) is 21.0. The van der Waals surface area contributed by atoms with Gasteiger partial charge in [0.2, 0.25) is 0 Å². The molecule has 174 valence electrons. The Labute approximate surface area is 218 Å². The Morgan fingerprint density at radius 1 is 0.941 bits per heavy atom. The number of halogens is 4. The molecule has 2 N–H and O–H groups in total. The molecule has 0 aliphatic heterocycles. The lowest BCUT2D eigenvalue weighted by Gasteiger charge is -2.09. The monoisotopic (exact) mass is 581 g/mol. The lowest BCUT2D eigenvalue weighted by atomic mass is 10.2. The number of carbonyl (C=O) groups is 3. The van der Waals surface area contributed by atoms with Crippen molar-refractivity contribution in [2.75, 3.05) is 6.54 Å². The fourth-order valence-electron chi connectivity index (χ4n) is 2.61. The summed E-state index contributed by atoms with van der Waals surface area (Å²) in [6, 6.07) is 15.8. The zero-order valence-electron chi connectivity index (χ0n) is 17.2. The van der Waals surface area contributed by atoms with Crippen molar-refractivity contribution in [1.29, 1.82) is 0 Å². The summed E-state index contributed by atoms with van der Waals surface area (Å²) in [7, 11) is 0. The summed E-state index contributed by atoms with van der Waals surface area (Å²) in [6.07, 6.45) is 1.30. The highest BCUT2D eigenvalue weighted by Gasteiger charge is 2.14. The molecule has 0 spiro atoms. The summed E-state index contributed by atoms with van der Waals surface area (Å²) in [5, 5.41) is 7.11. The van der Waals surface area contributed by atoms with Crippen LogP contribution < -0.4 is 15.5 Å². The second-order valence-electron chi connectivity index (χ2n) is 6.66. The first kappa shape index (κ1) is 25.7. The van der Waals surface area contributed by atoms with Gasteiger partial charge in [0, 0.05) is 15.6 Å². The molecule has 0 saturated heterocycles. The zero-order chi connectivity index (χ0) is 24.7. The molecule has 0 aromatic heterocycles. The Bertz CT molecular complexity index is 1280. The molecule has 0 bridgehead atoms. The first-order chi connectivity index (χ1) is 16.2. The highest BCUT2D eigenvalue weighted by molar-refractivity contribution is 9.10. The van der Waals surface area contributed by atoms with Gasteiger partial charge < -0.3 is 10.1 Å². The SMILES string of the molecule is O=C(CNC(=O)c1ccc(Cl)c(Cl)c1)N/N=C\c1cc(Br)ccc1OC(=O)c1ccccc1Cl. The maximum Gasteiger partial charge on any atom is 0.345 e. The second kappa shape index (κ2) is 12.0. The van der Waals surface area contributed by atoms with Crippen molar-refractivity contribution in [3.8, 4) is 5.75 Å². The predicted octanol–water partition coefficient (Wildman–Crippen LogP) is 5.51. The van der Waals surface area contributed by atoms with E-state index in [4.69, 9.17) is 39.5 Å². The maximum absolute atomic E-state index is 12.5. The van der Waals surface area contributed by atoms with Gasteiger partial charge in [-0.1, -0.05) is 62.9 Å². The van der Waals surface area contributed by atoms with Crippen molar-refractivity contribution in [3.05, 3.63) is 96.9 Å². The third-order valence-electron chi connectivity index (χ3n) is 4.25. The van der Waals surface area contributed by atoms with Crippen LogP contribution in [0.1, 0.15) is 26.3 Å². The van der Waals surface area contributed by atoms with Gasteiger partial charge in [-0.05, 0) is 48.5 Å². The van der Waals surface area contributed by atoms with Gasteiger partial charge >= 0.3 is 5.97 Å². The van der Waals surface area contributed by atoms with Crippen LogP contribution in [0.4, 0.5) is 0 Å². The molecule has 0 aliphatic carbocycles. The number of hydrogen-bond acceptors (Lipinski definition) is 5. The number of rotatable bonds is 7. The fraction of sp³-hybridized carbons (Fsp3) is 0.0435. The van der Waals surface area contributed by atoms with E-state index in [0.717, 1.165) is 0 Å². The van der Waals surface area contributed by atoms with Gasteiger partial charge in [-0.3, -0.25) is 9.59 Å². The Balaban J connectivity index is 1.60. The molecule has 0 saturated carbocycles. The average molecular weight is 584 g/mol. The van der Waals surface area contributed by atoms with Gasteiger partial charge in [0.25, 0.3) is 11.8 Å². The van der Waals surface area contributed by atoms with E-state index in [-0.39, 0.29) is 33.5 Å². The van der Waals surface area contributed by atoms with E-state index in [1.807, 2.05) is 0 Å². The molecule has 7 nitrogen and oxygen atoms in total. The van der Waals surface area contributed by atoms with Gasteiger partial charge in [-0.25, -0.2) is 10.2 Å². The number of amides is 2. The summed E-state index contributed by atoms with van der Waals surface area (Å²) in [5.74, 6) is -1.51. The molecular formula is C23H15BrCl3N3O4. The number of nitrogens with one attached hydrogen (secondary N) is 2. The first-order valence-electron chi connectivity index (χ1n) is 9.56. The van der Waals surface area contributed by atoms with E-state index in [9.17, 15) is 14.4 Å². The Kier molecular flexibility index (Phi) is 9.06. The summed E-state index contributed by atoms with van der Waals surface area (Å²) in [6.45, 7) is -0.330. The van der Waals surface area contributed by atoms with Crippen LogP contribution in [-0.2, 0) is 4.79 Å². The van der Waals surface area contributed by atoms with Crippen molar-refractivity contribution in [2.24, 2.45) is 5.10 Å². The van der Waals surface area contributed by atoms with Gasteiger partial charge in [-0.2, -0.15) is 5.10 Å². The average Bonchev–Trinajstić information content (AvgIpc) is 2.81. The summed E-state index contributed by atoms with van der Waals surface area (Å²) in [5.41, 5.74) is 3.17. The molecule has 0 atom stereocenters. The maximum atomic E-state index is 12.5. The lowest BCUT2D eigenvalue weighted by Crippen LogP contribution is -2.34. The number of hydrogen-bond donors (Lipinski definition) is 2. The molecule has 0 fully saturated rings. The number of carbonyl (C=O) groups excluding carboxylic acids is 3. The molecule has 11 heteroatoms. The molecule has 0 unspecified atom stereocenters. The number of benzene rings is 3. The van der Waals surface area contributed by atoms with Crippen LogP contribution in [0.5, 0.6) is 5.75 Å². The lowest BCUT2D eigenvalue weighted by molar-refractivity contribution is -0.120. The molecule has 0 aliphatic rings. The van der Waals surface area contributed by atoms with Crippen molar-refractivity contribution < 1.29 is 19.1 Å². The molecule has 3 aromatic rings. The molecule has 2 amide bonds. The van der Waals surface area contributed by atoms with Crippen molar-refractivity contribution >= 4 is 74.7 Å². The number of nitrogens with zero attached hydrogens (tertiary/aromatic N) is 1. The van der Waals surface area contributed by atoms with Crippen LogP contribution in [0.2, 0.25) is 15.1 Å². The number of ether oxygens (including phenoxy) is 1. The van der Waals surface area contributed by atoms with Gasteiger partial charge in [0.1, 0.15) is 5.75 Å². The quantitative estimate of drug-likeness (QED) is 0.166. The van der Waals surface area contributed by atoms with E-state index in [1.54, 1.807) is 42.5 Å². The van der Waals surface area contributed by atoms with Crippen LogP contribution in [0.15, 0.2) is 70.2 Å². The molecule has 34 heavy (non-hydrogen) atoms. The summed E-state index contributed by atoms with van der Waals surface area (Å²) >= 11 is 21.1. The predicted molar refractivity (Wildman–Crippen MR) is 135 cm³/mol. The van der Waals surface area contributed by atoms with Crippen LogP contribution >= 0.6 is 50.7 Å². The minimum Gasteiger partial charge on any atom is -0.422 e. The van der Waals surface area contributed by atoms with E-state index >= 15 is 0 Å². The summed E-state index contributed by atoms with van der Waals surface area (Å²) < 4.78 is 6.15. The van der Waals surface area contributed by atoms with Crippen molar-refractivity contribution in [2.45, 2.75) is 0 Å². The standard InChI is InChI=1S/C23H15BrCl3N3O4/c24-15-6-8-20(34-23(33)16-3-1-2-4-17(16)25)14(9-15)11-29-30-21(31)12-28-22(32)13-5-7-18(26)19(27)10-13/h1-11H,12H2,(H,28,32)(H,30,31)/b29-11-. The van der Waals surface area contributed by atoms with Gasteiger partial charge in [0.15, 0.2) is 0 Å². The highest BCUT2D eigenvalue weighted by Crippen LogP contribution is 2.25. The van der Waals surface area contributed by atoms with E-state index in [1.165, 1.54) is 24.4 Å². The minimum atomic E-state index is -0.642. The van der Waals surface area contributed by atoms with Crippen LogP contribution in [0.3, 0.4) is 0 Å². The van der Waals surface area contributed by atoms with E-state index in [0.29, 0.717) is 15.1 Å². The fourth-order valence-corrected chi connectivity index (χ4v) is 3.50. The number of hydrazone groups is 1. The van der Waals surface area contributed by atoms with Gasteiger partial charge in [-0.15, -0.1) is 0 Å². The van der Waals surface area contributed by atoms with E-state index in [2.05, 4.69) is 31.8 Å².